The number of allylic oxidation sites excluding steroid dienone is 1. The summed E-state index contributed by atoms with van der Waals surface area (Å²) in [5.74, 6) is -1.74. The van der Waals surface area contributed by atoms with E-state index in [4.69, 9.17) is 26.9 Å². The molecular formula is C33H60O10Si4. The zero-order valence-corrected chi connectivity index (χ0v) is 36.3. The molecule has 2 atom stereocenters. The Morgan fingerprint density at radius 2 is 1.32 bits per heavy atom. The molecule has 0 saturated heterocycles. The molecule has 0 rings (SSSR count). The lowest BCUT2D eigenvalue weighted by atomic mass is 9.78. The van der Waals surface area contributed by atoms with E-state index in [1.165, 1.54) is 0 Å². The summed E-state index contributed by atoms with van der Waals surface area (Å²) in [6.45, 7) is 30.5. The monoisotopic (exact) mass is 728 g/mol. The van der Waals surface area contributed by atoms with Crippen molar-refractivity contribution in [2.75, 3.05) is 19.8 Å². The van der Waals surface area contributed by atoms with E-state index in [0.29, 0.717) is 70.5 Å². The summed E-state index contributed by atoms with van der Waals surface area (Å²) in [6.07, 6.45) is 2.17. The van der Waals surface area contributed by atoms with Gasteiger partial charge < -0.3 is 26.9 Å². The summed E-state index contributed by atoms with van der Waals surface area (Å²) in [5.41, 5.74) is 1.68. The smallest absolute Gasteiger partial charge is 0.391 e. The van der Waals surface area contributed by atoms with E-state index < -0.39 is 55.9 Å². The highest BCUT2D eigenvalue weighted by Crippen LogP contribution is 2.38. The molecule has 2 unspecified atom stereocenters. The largest absolute Gasteiger partial charge is 0.491 e. The zero-order chi connectivity index (χ0) is 36.6. The molecule has 0 spiro atoms. The fraction of sp³-hybridized carbons (Fsp3) is 0.636. The lowest BCUT2D eigenvalue weighted by molar-refractivity contribution is -0.140. The first-order chi connectivity index (χ1) is 21.6. The summed E-state index contributed by atoms with van der Waals surface area (Å²) in [6, 6.07) is 1.25. The SMILES string of the molecule is C=C(C)C(=O)OCCC[Si](C)(C)O[Si](C)(OC(=O)C(=C(C)C)C(C)(C)CCCOC(=O)C(=C)C[SiH2]O[SiH3])C(C)CCOC(=O)C(=C)C. The first kappa shape index (κ1) is 44.6. The van der Waals surface area contributed by atoms with E-state index in [1.807, 2.05) is 41.2 Å². The Hall–Kier alpha value is -2.37. The molecule has 0 heterocycles. The predicted octanol–water partition coefficient (Wildman–Crippen LogP) is 5.27. The van der Waals surface area contributed by atoms with Crippen molar-refractivity contribution in [1.29, 1.82) is 0 Å². The number of ether oxygens (including phenoxy) is 3. The highest BCUT2D eigenvalue weighted by Gasteiger charge is 2.47. The number of esters is 3. The van der Waals surface area contributed by atoms with E-state index in [2.05, 4.69) is 32.8 Å². The Morgan fingerprint density at radius 3 is 1.83 bits per heavy atom. The summed E-state index contributed by atoms with van der Waals surface area (Å²) in [4.78, 5) is 50.1. The molecule has 0 aliphatic rings. The van der Waals surface area contributed by atoms with Crippen LogP contribution in [0.4, 0.5) is 0 Å². The maximum absolute atomic E-state index is 14.1. The van der Waals surface area contributed by atoms with Gasteiger partial charge in [-0.05, 0) is 90.5 Å². The van der Waals surface area contributed by atoms with Crippen LogP contribution in [-0.2, 0) is 46.0 Å². The Morgan fingerprint density at radius 1 is 0.809 bits per heavy atom. The zero-order valence-electron chi connectivity index (χ0n) is 30.9. The Bertz CT molecular complexity index is 1170. The van der Waals surface area contributed by atoms with Crippen molar-refractivity contribution in [3.8, 4) is 0 Å². The van der Waals surface area contributed by atoms with E-state index in [1.54, 1.807) is 13.8 Å². The standard InChI is InChI=1S/C33H60O10Si4/c1-23(2)28(33(9,10)17-14-18-39-31(36)26(7)22-45-42-44)32(37)41-47(13,27(8)16-20-40-30(35)25(5)6)43-46(11,12)21-15-19-38-29(34)24(3)4/h27H,3,5,7,14-22,45H2,1-2,4,6,8-13,44H3. The molecule has 0 aromatic rings. The van der Waals surface area contributed by atoms with E-state index >= 15 is 0 Å². The van der Waals surface area contributed by atoms with Crippen molar-refractivity contribution in [1.82, 2.24) is 0 Å². The second-order valence-electron chi connectivity index (χ2n) is 13.7. The topological polar surface area (TPSA) is 124 Å². The fourth-order valence-electron chi connectivity index (χ4n) is 4.95. The van der Waals surface area contributed by atoms with Crippen LogP contribution in [0.1, 0.15) is 74.1 Å². The average Bonchev–Trinajstić information content (AvgIpc) is 2.94. The highest BCUT2D eigenvalue weighted by molar-refractivity contribution is 6.83. The third-order valence-corrected chi connectivity index (χ3v) is 18.3. The number of carbonyl (C=O) groups excluding carboxylic acids is 4. The maximum Gasteiger partial charge on any atom is 0.391 e. The Balaban J connectivity index is 5.88. The van der Waals surface area contributed by atoms with Crippen LogP contribution >= 0.6 is 0 Å². The molecule has 0 saturated carbocycles. The van der Waals surface area contributed by atoms with Gasteiger partial charge in [-0.3, -0.25) is 0 Å². The summed E-state index contributed by atoms with van der Waals surface area (Å²) in [7, 11) is -5.78. The van der Waals surface area contributed by atoms with Gasteiger partial charge in [0.25, 0.3) is 0 Å². The van der Waals surface area contributed by atoms with E-state index in [9.17, 15) is 19.2 Å². The van der Waals surface area contributed by atoms with Gasteiger partial charge in [-0.15, -0.1) is 0 Å². The van der Waals surface area contributed by atoms with Crippen molar-refractivity contribution in [3.05, 3.63) is 47.6 Å². The Labute approximate surface area is 290 Å². The summed E-state index contributed by atoms with van der Waals surface area (Å²) >= 11 is 0. The molecule has 47 heavy (non-hydrogen) atoms. The molecule has 0 bridgehead atoms. The first-order valence-electron chi connectivity index (χ1n) is 16.2. The number of hydrogen-bond acceptors (Lipinski definition) is 10. The number of carbonyl (C=O) groups is 4. The van der Waals surface area contributed by atoms with Crippen LogP contribution < -0.4 is 0 Å². The van der Waals surface area contributed by atoms with Crippen LogP contribution in [0.5, 0.6) is 0 Å². The average molecular weight is 729 g/mol. The minimum Gasteiger partial charge on any atom is -0.491 e. The van der Waals surface area contributed by atoms with Gasteiger partial charge in [0.05, 0.1) is 19.8 Å². The summed E-state index contributed by atoms with van der Waals surface area (Å²) < 4.78 is 34.6. The van der Waals surface area contributed by atoms with Crippen molar-refractivity contribution >= 4 is 61.0 Å². The van der Waals surface area contributed by atoms with Crippen LogP contribution in [0.15, 0.2) is 47.6 Å². The van der Waals surface area contributed by atoms with Gasteiger partial charge in [0.1, 0.15) is 20.2 Å². The Kier molecular flexibility index (Phi) is 19.8. The molecule has 0 aliphatic heterocycles. The van der Waals surface area contributed by atoms with Crippen LogP contribution in [0.25, 0.3) is 0 Å². The van der Waals surface area contributed by atoms with E-state index in [-0.39, 0.29) is 25.4 Å². The minimum absolute atomic E-state index is 0.136. The fourth-order valence-corrected chi connectivity index (χ4v) is 14.3. The molecule has 268 valence electrons. The molecule has 0 amide bonds. The van der Waals surface area contributed by atoms with Gasteiger partial charge in [-0.2, -0.15) is 0 Å². The van der Waals surface area contributed by atoms with Crippen LogP contribution in [-0.4, -0.2) is 80.8 Å². The van der Waals surface area contributed by atoms with Crippen molar-refractivity contribution in [2.45, 2.75) is 111 Å². The van der Waals surface area contributed by atoms with Gasteiger partial charge in [0.15, 0.2) is 8.32 Å². The maximum atomic E-state index is 14.1. The van der Waals surface area contributed by atoms with Gasteiger partial charge in [0.2, 0.25) is 0 Å². The molecule has 0 aromatic carbocycles. The molecule has 0 aromatic heterocycles. The second kappa shape index (κ2) is 20.9. The third kappa shape index (κ3) is 17.0. The highest BCUT2D eigenvalue weighted by atomic mass is 28.4. The second-order valence-corrected chi connectivity index (χ2v) is 25.0. The van der Waals surface area contributed by atoms with E-state index in [0.717, 1.165) is 5.57 Å². The van der Waals surface area contributed by atoms with Gasteiger partial charge in [-0.1, -0.05) is 46.1 Å². The van der Waals surface area contributed by atoms with Gasteiger partial charge in [0, 0.05) is 27.8 Å². The first-order valence-corrected chi connectivity index (χ1v) is 24.1. The normalized spacial score (nSPS) is 13.7. The molecule has 0 fully saturated rings. The van der Waals surface area contributed by atoms with Crippen molar-refractivity contribution in [2.24, 2.45) is 5.41 Å². The molecular weight excluding hydrogens is 669 g/mol. The third-order valence-electron chi connectivity index (χ3n) is 7.76. The molecule has 0 radical (unpaired) electrons. The van der Waals surface area contributed by atoms with Crippen LogP contribution in [0.2, 0.25) is 37.3 Å². The lowest BCUT2D eigenvalue weighted by Crippen LogP contribution is -2.53. The quantitative estimate of drug-likeness (QED) is 0.0452. The molecule has 14 heteroatoms. The molecule has 10 nitrogen and oxygen atoms in total. The van der Waals surface area contributed by atoms with Gasteiger partial charge in [-0.25, -0.2) is 19.2 Å². The minimum atomic E-state index is -3.26. The van der Waals surface area contributed by atoms with Crippen molar-refractivity contribution in [3.63, 3.8) is 0 Å². The van der Waals surface area contributed by atoms with Crippen LogP contribution in [0, 0.1) is 5.41 Å². The molecule has 0 aliphatic carbocycles. The molecule has 0 N–H and O–H groups in total. The van der Waals surface area contributed by atoms with Gasteiger partial charge >= 0.3 is 32.4 Å². The van der Waals surface area contributed by atoms with Crippen LogP contribution in [0.3, 0.4) is 0 Å². The lowest BCUT2D eigenvalue weighted by Gasteiger charge is -2.40. The predicted molar refractivity (Wildman–Crippen MR) is 197 cm³/mol. The number of rotatable bonds is 23. The summed E-state index contributed by atoms with van der Waals surface area (Å²) in [5, 5.41) is 0. The van der Waals surface area contributed by atoms with Crippen molar-refractivity contribution < 1.29 is 46.0 Å². The number of hydrogen-bond donors (Lipinski definition) is 0.